The molecule has 18 heavy (non-hydrogen) atoms. The molecule has 1 aromatic carbocycles. The van der Waals surface area contributed by atoms with Crippen LogP contribution in [0.4, 0.5) is 11.4 Å². The van der Waals surface area contributed by atoms with E-state index in [9.17, 15) is 0 Å². The van der Waals surface area contributed by atoms with E-state index < -0.39 is 0 Å². The maximum absolute atomic E-state index is 6.23. The third kappa shape index (κ3) is 1.75. The number of aromatic nitrogens is 1. The molecule has 0 bridgehead atoms. The fourth-order valence-electron chi connectivity index (χ4n) is 2.88. The van der Waals surface area contributed by atoms with Gasteiger partial charge in [0.05, 0.1) is 26.6 Å². The first-order valence-electron chi connectivity index (χ1n) is 6.42. The molecule has 0 amide bonds. The van der Waals surface area contributed by atoms with E-state index in [0.717, 1.165) is 28.4 Å². The molecule has 1 aliphatic rings. The van der Waals surface area contributed by atoms with Crippen LogP contribution >= 0.6 is 11.3 Å². The third-order valence-electron chi connectivity index (χ3n) is 3.84. The quantitative estimate of drug-likeness (QED) is 0.798. The van der Waals surface area contributed by atoms with Gasteiger partial charge in [0.25, 0.3) is 0 Å². The summed E-state index contributed by atoms with van der Waals surface area (Å²) in [7, 11) is 0. The average Bonchev–Trinajstić information content (AvgIpc) is 2.78. The largest absolute Gasteiger partial charge is 0.397 e. The van der Waals surface area contributed by atoms with Gasteiger partial charge in [-0.2, -0.15) is 0 Å². The summed E-state index contributed by atoms with van der Waals surface area (Å²) in [5.74, 6) is 0. The number of aryl methyl sites for hydroxylation is 1. The van der Waals surface area contributed by atoms with E-state index in [4.69, 9.17) is 5.73 Å². The van der Waals surface area contributed by atoms with Crippen LogP contribution < -0.4 is 10.6 Å². The molecule has 96 valence electrons. The minimum absolute atomic E-state index is 0.201. The second kappa shape index (κ2) is 3.85. The number of nitrogens with two attached hydrogens (primary N) is 1. The second-order valence-corrected chi connectivity index (χ2v) is 6.91. The van der Waals surface area contributed by atoms with E-state index in [1.165, 1.54) is 17.5 Å². The summed E-state index contributed by atoms with van der Waals surface area (Å²) in [6.45, 7) is 7.71. The summed E-state index contributed by atoms with van der Waals surface area (Å²) >= 11 is 1.71. The molecule has 1 aliphatic heterocycles. The number of thiazole rings is 1. The molecule has 2 heterocycles. The SMILES string of the molecule is Cc1nc2cc(N3CCCC3(C)C)c(N)cc2s1. The van der Waals surface area contributed by atoms with Crippen molar-refractivity contribution < 1.29 is 0 Å². The Labute approximate surface area is 112 Å². The number of nitrogen functional groups attached to an aromatic ring is 1. The molecule has 0 unspecified atom stereocenters. The zero-order valence-corrected chi connectivity index (χ0v) is 12.0. The molecule has 3 nitrogen and oxygen atoms in total. The molecule has 3 rings (SSSR count). The Hall–Kier alpha value is -1.29. The highest BCUT2D eigenvalue weighted by atomic mass is 32.1. The number of benzene rings is 1. The Morgan fingerprint density at radius 1 is 1.39 bits per heavy atom. The number of fused-ring (bicyclic) bond motifs is 1. The first kappa shape index (κ1) is 11.8. The van der Waals surface area contributed by atoms with Crippen LogP contribution in [0.15, 0.2) is 12.1 Å². The Balaban J connectivity index is 2.14. The van der Waals surface area contributed by atoms with Crippen LogP contribution in [0.3, 0.4) is 0 Å². The summed E-state index contributed by atoms with van der Waals surface area (Å²) in [4.78, 5) is 7.00. The lowest BCUT2D eigenvalue weighted by atomic mass is 10.0. The van der Waals surface area contributed by atoms with Crippen molar-refractivity contribution in [1.29, 1.82) is 0 Å². The van der Waals surface area contributed by atoms with Crippen LogP contribution in [-0.4, -0.2) is 17.1 Å². The van der Waals surface area contributed by atoms with Gasteiger partial charge < -0.3 is 10.6 Å². The van der Waals surface area contributed by atoms with Crippen molar-refractivity contribution in [3.8, 4) is 0 Å². The fourth-order valence-corrected chi connectivity index (χ4v) is 3.74. The lowest BCUT2D eigenvalue weighted by Crippen LogP contribution is -2.38. The van der Waals surface area contributed by atoms with Crippen LogP contribution in [0.1, 0.15) is 31.7 Å². The van der Waals surface area contributed by atoms with Gasteiger partial charge in [-0.1, -0.05) is 0 Å². The first-order valence-corrected chi connectivity index (χ1v) is 7.23. The second-order valence-electron chi connectivity index (χ2n) is 5.68. The lowest BCUT2D eigenvalue weighted by Gasteiger charge is -2.34. The monoisotopic (exact) mass is 261 g/mol. The molecule has 1 fully saturated rings. The molecule has 2 N–H and O–H groups in total. The van der Waals surface area contributed by atoms with E-state index >= 15 is 0 Å². The van der Waals surface area contributed by atoms with Crippen molar-refractivity contribution in [2.24, 2.45) is 0 Å². The topological polar surface area (TPSA) is 42.2 Å². The van der Waals surface area contributed by atoms with Crippen molar-refractivity contribution in [2.45, 2.75) is 39.2 Å². The van der Waals surface area contributed by atoms with E-state index in [-0.39, 0.29) is 5.54 Å². The summed E-state index contributed by atoms with van der Waals surface area (Å²) in [5, 5.41) is 1.10. The third-order valence-corrected chi connectivity index (χ3v) is 4.77. The van der Waals surface area contributed by atoms with Crippen LogP contribution in [-0.2, 0) is 0 Å². The van der Waals surface area contributed by atoms with Crippen molar-refractivity contribution >= 4 is 32.9 Å². The van der Waals surface area contributed by atoms with Crippen molar-refractivity contribution in [2.75, 3.05) is 17.2 Å². The summed E-state index contributed by atoms with van der Waals surface area (Å²) in [6.07, 6.45) is 2.46. The molecule has 0 radical (unpaired) electrons. The van der Waals surface area contributed by atoms with Crippen LogP contribution in [0.5, 0.6) is 0 Å². The number of hydrogen-bond acceptors (Lipinski definition) is 4. The molecule has 0 atom stereocenters. The summed E-state index contributed by atoms with van der Waals surface area (Å²) in [5.41, 5.74) is 9.53. The van der Waals surface area contributed by atoms with Crippen molar-refractivity contribution in [3.05, 3.63) is 17.1 Å². The maximum Gasteiger partial charge on any atom is 0.0907 e. The normalized spacial score (nSPS) is 18.7. The van der Waals surface area contributed by atoms with Gasteiger partial charge in [0.2, 0.25) is 0 Å². The molecular weight excluding hydrogens is 242 g/mol. The predicted molar refractivity (Wildman–Crippen MR) is 79.4 cm³/mol. The zero-order valence-electron chi connectivity index (χ0n) is 11.2. The van der Waals surface area contributed by atoms with Crippen LogP contribution in [0, 0.1) is 6.92 Å². The first-order chi connectivity index (χ1) is 8.47. The van der Waals surface area contributed by atoms with Crippen LogP contribution in [0.25, 0.3) is 10.2 Å². The van der Waals surface area contributed by atoms with Crippen molar-refractivity contribution in [3.63, 3.8) is 0 Å². The molecule has 2 aromatic rings. The van der Waals surface area contributed by atoms with Gasteiger partial charge in [-0.15, -0.1) is 11.3 Å². The van der Waals surface area contributed by atoms with Gasteiger partial charge in [0.1, 0.15) is 0 Å². The van der Waals surface area contributed by atoms with E-state index in [1.54, 1.807) is 11.3 Å². The van der Waals surface area contributed by atoms with Crippen LogP contribution in [0.2, 0.25) is 0 Å². The maximum atomic E-state index is 6.23. The molecule has 0 saturated carbocycles. The fraction of sp³-hybridized carbons (Fsp3) is 0.500. The van der Waals surface area contributed by atoms with Gasteiger partial charge in [-0.05, 0) is 45.7 Å². The summed E-state index contributed by atoms with van der Waals surface area (Å²) < 4.78 is 1.19. The zero-order chi connectivity index (χ0) is 12.9. The number of rotatable bonds is 1. The van der Waals surface area contributed by atoms with Crippen molar-refractivity contribution in [1.82, 2.24) is 4.98 Å². The van der Waals surface area contributed by atoms with E-state index in [1.807, 2.05) is 6.92 Å². The minimum atomic E-state index is 0.201. The highest BCUT2D eigenvalue weighted by Gasteiger charge is 2.33. The predicted octanol–water partition coefficient (Wildman–Crippen LogP) is 3.57. The minimum Gasteiger partial charge on any atom is -0.397 e. The Morgan fingerprint density at radius 3 is 2.83 bits per heavy atom. The molecule has 1 saturated heterocycles. The van der Waals surface area contributed by atoms with Gasteiger partial charge in [0, 0.05) is 12.1 Å². The van der Waals surface area contributed by atoms with Gasteiger partial charge in [-0.3, -0.25) is 0 Å². The Bertz CT molecular complexity index is 600. The number of anilines is 2. The van der Waals surface area contributed by atoms with E-state index in [0.29, 0.717) is 0 Å². The molecule has 0 aliphatic carbocycles. The van der Waals surface area contributed by atoms with Gasteiger partial charge in [-0.25, -0.2) is 4.98 Å². The summed E-state index contributed by atoms with van der Waals surface area (Å²) in [6, 6.07) is 4.23. The van der Waals surface area contributed by atoms with E-state index in [2.05, 4.69) is 35.9 Å². The Morgan fingerprint density at radius 2 is 2.17 bits per heavy atom. The molecule has 0 spiro atoms. The van der Waals surface area contributed by atoms with Gasteiger partial charge in [0.15, 0.2) is 0 Å². The molecule has 1 aromatic heterocycles. The highest BCUT2D eigenvalue weighted by Crippen LogP contribution is 2.39. The van der Waals surface area contributed by atoms with Gasteiger partial charge >= 0.3 is 0 Å². The molecular formula is C14H19N3S. The lowest BCUT2D eigenvalue weighted by molar-refractivity contribution is 0.518. The number of nitrogens with zero attached hydrogens (tertiary/aromatic N) is 2. The average molecular weight is 261 g/mol. The standard InChI is InChI=1S/C14H19N3S/c1-9-16-11-8-12(10(15)7-13(11)18-9)17-6-4-5-14(17,2)3/h7-8H,4-6,15H2,1-3H3. The Kier molecular flexibility index (Phi) is 2.52. The number of hydrogen-bond donors (Lipinski definition) is 1. The molecule has 4 heteroatoms. The highest BCUT2D eigenvalue weighted by molar-refractivity contribution is 7.18. The smallest absolute Gasteiger partial charge is 0.0907 e.